The molecule has 1 rings (SSSR count). The normalized spacial score (nSPS) is 22.6. The first-order chi connectivity index (χ1) is 8.51. The number of aliphatic carboxylic acids is 1. The summed E-state index contributed by atoms with van der Waals surface area (Å²) in [7, 11) is 0. The van der Waals surface area contributed by atoms with Crippen LogP contribution in [0.2, 0.25) is 0 Å². The van der Waals surface area contributed by atoms with Gasteiger partial charge in [-0.3, -0.25) is 0 Å². The number of carbonyl (C=O) groups is 2. The van der Waals surface area contributed by atoms with E-state index in [1.165, 1.54) is 4.90 Å². The molecule has 2 unspecified atom stereocenters. The van der Waals surface area contributed by atoms with Gasteiger partial charge in [-0.05, 0) is 18.8 Å². The molecule has 1 fully saturated rings. The third-order valence-electron chi connectivity index (χ3n) is 3.61. The molecule has 0 aromatic rings. The molecule has 0 spiro atoms. The number of carbonyl (C=O) groups excluding carboxylic acids is 1. The number of likely N-dealkylation sites (tertiary alicyclic amines) is 1. The minimum absolute atomic E-state index is 0.0749. The summed E-state index contributed by atoms with van der Waals surface area (Å²) in [5.41, 5.74) is 0. The van der Waals surface area contributed by atoms with Gasteiger partial charge >= 0.3 is 12.0 Å². The maximum atomic E-state index is 12.0. The van der Waals surface area contributed by atoms with Gasteiger partial charge in [0.2, 0.25) is 0 Å². The van der Waals surface area contributed by atoms with Gasteiger partial charge in [-0.2, -0.15) is 0 Å². The topological polar surface area (TPSA) is 89.9 Å². The van der Waals surface area contributed by atoms with Crippen molar-refractivity contribution in [2.75, 3.05) is 13.2 Å². The molecule has 0 aromatic carbocycles. The molecule has 1 aliphatic heterocycles. The molecule has 0 radical (unpaired) electrons. The molecule has 6 nitrogen and oxygen atoms in total. The summed E-state index contributed by atoms with van der Waals surface area (Å²) in [5.74, 6) is -1.14. The van der Waals surface area contributed by atoms with Crippen LogP contribution in [0.1, 0.15) is 33.1 Å². The van der Waals surface area contributed by atoms with E-state index in [1.54, 1.807) is 6.92 Å². The van der Waals surface area contributed by atoms with Crippen LogP contribution in [0.5, 0.6) is 0 Å². The Labute approximate surface area is 107 Å². The number of nitrogens with zero attached hydrogens (tertiary/aromatic N) is 1. The monoisotopic (exact) mass is 258 g/mol. The summed E-state index contributed by atoms with van der Waals surface area (Å²) in [6, 6.07) is -1.45. The standard InChI is InChI=1S/C12H22N2O4/c1-3-8(2)10(11(16)17)13-12(18)14-6-4-5-9(14)7-15/h8-10,15H,3-7H2,1-2H3,(H,13,18)(H,16,17)/t8?,9?,10-/m0/s1. The van der Waals surface area contributed by atoms with Gasteiger partial charge in [0.1, 0.15) is 6.04 Å². The van der Waals surface area contributed by atoms with E-state index < -0.39 is 12.0 Å². The van der Waals surface area contributed by atoms with E-state index in [9.17, 15) is 9.59 Å². The first-order valence-electron chi connectivity index (χ1n) is 6.42. The fraction of sp³-hybridized carbons (Fsp3) is 0.833. The third kappa shape index (κ3) is 3.35. The smallest absolute Gasteiger partial charge is 0.326 e. The number of carboxylic acid groups (broad SMARTS) is 1. The predicted molar refractivity (Wildman–Crippen MR) is 66.2 cm³/mol. The lowest BCUT2D eigenvalue weighted by atomic mass is 9.99. The first kappa shape index (κ1) is 14.8. The Kier molecular flexibility index (Phi) is 5.40. The summed E-state index contributed by atoms with van der Waals surface area (Å²) in [6.45, 7) is 4.18. The van der Waals surface area contributed by atoms with Crippen molar-refractivity contribution in [3.8, 4) is 0 Å². The van der Waals surface area contributed by atoms with Gasteiger partial charge < -0.3 is 20.4 Å². The molecule has 0 aliphatic carbocycles. The quantitative estimate of drug-likeness (QED) is 0.675. The minimum atomic E-state index is -1.02. The average molecular weight is 258 g/mol. The number of urea groups is 1. The van der Waals surface area contributed by atoms with Gasteiger partial charge in [-0.15, -0.1) is 0 Å². The van der Waals surface area contributed by atoms with Crippen molar-refractivity contribution in [2.24, 2.45) is 5.92 Å². The summed E-state index contributed by atoms with van der Waals surface area (Å²) in [6.07, 6.45) is 2.30. The van der Waals surface area contributed by atoms with Crippen molar-refractivity contribution >= 4 is 12.0 Å². The SMILES string of the molecule is CCC(C)[C@H](NC(=O)N1CCCC1CO)C(=O)O. The maximum absolute atomic E-state index is 12.0. The molecule has 104 valence electrons. The number of rotatable bonds is 5. The Bertz CT molecular complexity index is 308. The van der Waals surface area contributed by atoms with E-state index in [-0.39, 0.29) is 24.6 Å². The lowest BCUT2D eigenvalue weighted by Crippen LogP contribution is -2.52. The molecule has 1 heterocycles. The van der Waals surface area contributed by atoms with Crippen LogP contribution < -0.4 is 5.32 Å². The fourth-order valence-electron chi connectivity index (χ4n) is 2.19. The maximum Gasteiger partial charge on any atom is 0.326 e. The van der Waals surface area contributed by atoms with Gasteiger partial charge in [0, 0.05) is 6.54 Å². The zero-order chi connectivity index (χ0) is 13.7. The molecule has 3 atom stereocenters. The van der Waals surface area contributed by atoms with Crippen molar-refractivity contribution in [1.82, 2.24) is 10.2 Å². The summed E-state index contributed by atoms with van der Waals surface area (Å²) >= 11 is 0. The number of aliphatic hydroxyl groups excluding tert-OH is 1. The van der Waals surface area contributed by atoms with Gasteiger partial charge in [0.15, 0.2) is 0 Å². The molecule has 3 N–H and O–H groups in total. The van der Waals surface area contributed by atoms with Crippen LogP contribution in [0, 0.1) is 5.92 Å². The van der Waals surface area contributed by atoms with Crippen LogP contribution in [-0.4, -0.2) is 52.3 Å². The molecule has 18 heavy (non-hydrogen) atoms. The second-order valence-corrected chi connectivity index (χ2v) is 4.82. The van der Waals surface area contributed by atoms with Crippen molar-refractivity contribution < 1.29 is 19.8 Å². The van der Waals surface area contributed by atoms with E-state index in [4.69, 9.17) is 10.2 Å². The highest BCUT2D eigenvalue weighted by Gasteiger charge is 2.32. The third-order valence-corrected chi connectivity index (χ3v) is 3.61. The van der Waals surface area contributed by atoms with Gasteiger partial charge in [-0.1, -0.05) is 20.3 Å². The van der Waals surface area contributed by atoms with E-state index in [2.05, 4.69) is 5.32 Å². The van der Waals surface area contributed by atoms with Gasteiger partial charge in [-0.25, -0.2) is 9.59 Å². The van der Waals surface area contributed by atoms with E-state index >= 15 is 0 Å². The second kappa shape index (κ2) is 6.58. The lowest BCUT2D eigenvalue weighted by molar-refractivity contribution is -0.140. The van der Waals surface area contributed by atoms with Crippen LogP contribution >= 0.6 is 0 Å². The van der Waals surface area contributed by atoms with Crippen LogP contribution in [-0.2, 0) is 4.79 Å². The Balaban J connectivity index is 2.63. The Morgan fingerprint density at radius 2 is 2.17 bits per heavy atom. The highest BCUT2D eigenvalue weighted by Crippen LogP contribution is 2.17. The fourth-order valence-corrected chi connectivity index (χ4v) is 2.19. The predicted octanol–water partition coefficient (Wildman–Crippen LogP) is 0.652. The van der Waals surface area contributed by atoms with E-state index in [1.807, 2.05) is 6.92 Å². The second-order valence-electron chi connectivity index (χ2n) is 4.82. The largest absolute Gasteiger partial charge is 0.480 e. The molecule has 0 bridgehead atoms. The van der Waals surface area contributed by atoms with E-state index in [0.717, 1.165) is 12.8 Å². The molecule has 1 aliphatic rings. The lowest BCUT2D eigenvalue weighted by Gasteiger charge is -2.27. The first-order valence-corrected chi connectivity index (χ1v) is 6.42. The molecular formula is C12H22N2O4. The Morgan fingerprint density at radius 3 is 2.67 bits per heavy atom. The summed E-state index contributed by atoms with van der Waals surface area (Å²) in [5, 5.41) is 20.8. The Hall–Kier alpha value is -1.30. The number of aliphatic hydroxyl groups is 1. The van der Waals surface area contributed by atoms with Crippen molar-refractivity contribution in [1.29, 1.82) is 0 Å². The van der Waals surface area contributed by atoms with Crippen LogP contribution in [0.25, 0.3) is 0 Å². The highest BCUT2D eigenvalue weighted by atomic mass is 16.4. The molecule has 0 aromatic heterocycles. The zero-order valence-corrected chi connectivity index (χ0v) is 10.9. The molecule has 1 saturated heterocycles. The number of amides is 2. The van der Waals surface area contributed by atoms with Crippen LogP contribution in [0.15, 0.2) is 0 Å². The van der Waals surface area contributed by atoms with Crippen molar-refractivity contribution in [3.63, 3.8) is 0 Å². The molecular weight excluding hydrogens is 236 g/mol. The molecule has 6 heteroatoms. The summed E-state index contributed by atoms with van der Waals surface area (Å²) < 4.78 is 0. The van der Waals surface area contributed by atoms with Crippen LogP contribution in [0.4, 0.5) is 4.79 Å². The van der Waals surface area contributed by atoms with E-state index in [0.29, 0.717) is 13.0 Å². The average Bonchev–Trinajstić information content (AvgIpc) is 2.82. The molecule has 0 saturated carbocycles. The summed E-state index contributed by atoms with van der Waals surface area (Å²) in [4.78, 5) is 24.6. The molecule has 2 amide bonds. The van der Waals surface area contributed by atoms with Gasteiger partial charge in [0.25, 0.3) is 0 Å². The number of hydrogen-bond donors (Lipinski definition) is 3. The van der Waals surface area contributed by atoms with Gasteiger partial charge in [0.05, 0.1) is 12.6 Å². The number of hydrogen-bond acceptors (Lipinski definition) is 3. The minimum Gasteiger partial charge on any atom is -0.480 e. The van der Waals surface area contributed by atoms with Crippen molar-refractivity contribution in [3.05, 3.63) is 0 Å². The number of nitrogens with one attached hydrogen (secondary N) is 1. The highest BCUT2D eigenvalue weighted by molar-refractivity contribution is 5.83. The Morgan fingerprint density at radius 1 is 1.50 bits per heavy atom. The zero-order valence-electron chi connectivity index (χ0n) is 10.9. The number of carboxylic acids is 1. The van der Waals surface area contributed by atoms with Crippen molar-refractivity contribution in [2.45, 2.75) is 45.2 Å². The van der Waals surface area contributed by atoms with Crippen LogP contribution in [0.3, 0.4) is 0 Å².